The highest BCUT2D eigenvalue weighted by Crippen LogP contribution is 2.20. The number of likely N-dealkylation sites (tertiary alicyclic amines) is 1. The third-order valence-electron chi connectivity index (χ3n) is 3.98. The molecule has 3 nitrogen and oxygen atoms in total. The SMILES string of the molecule is CNC1CCN(C(=O)C(C)C(C)C)CC1C. The molecule has 0 bridgehead atoms. The van der Waals surface area contributed by atoms with Crippen molar-refractivity contribution in [3.63, 3.8) is 0 Å². The molecule has 94 valence electrons. The van der Waals surface area contributed by atoms with E-state index in [-0.39, 0.29) is 5.92 Å². The molecule has 16 heavy (non-hydrogen) atoms. The average molecular weight is 226 g/mol. The van der Waals surface area contributed by atoms with Gasteiger partial charge in [0.15, 0.2) is 0 Å². The number of amides is 1. The summed E-state index contributed by atoms with van der Waals surface area (Å²) in [4.78, 5) is 14.2. The van der Waals surface area contributed by atoms with E-state index in [2.05, 4.69) is 26.1 Å². The summed E-state index contributed by atoms with van der Waals surface area (Å²) in [6, 6.07) is 0.568. The van der Waals surface area contributed by atoms with Crippen molar-refractivity contribution < 1.29 is 4.79 Å². The maximum atomic E-state index is 12.2. The summed E-state index contributed by atoms with van der Waals surface area (Å²) in [7, 11) is 2.01. The Labute approximate surface area is 99.6 Å². The molecule has 1 heterocycles. The van der Waals surface area contributed by atoms with Crippen LogP contribution in [0.4, 0.5) is 0 Å². The second kappa shape index (κ2) is 5.67. The Bertz CT molecular complexity index is 240. The predicted molar refractivity (Wildman–Crippen MR) is 67.2 cm³/mol. The Kier molecular flexibility index (Phi) is 4.78. The van der Waals surface area contributed by atoms with Crippen molar-refractivity contribution in [3.05, 3.63) is 0 Å². The van der Waals surface area contributed by atoms with E-state index in [1.54, 1.807) is 0 Å². The summed E-state index contributed by atoms with van der Waals surface area (Å²) < 4.78 is 0. The molecule has 1 saturated heterocycles. The molecule has 0 aromatic rings. The van der Waals surface area contributed by atoms with E-state index >= 15 is 0 Å². The minimum Gasteiger partial charge on any atom is -0.342 e. The van der Waals surface area contributed by atoms with E-state index in [0.29, 0.717) is 23.8 Å². The molecule has 0 radical (unpaired) electrons. The van der Waals surface area contributed by atoms with Crippen molar-refractivity contribution in [2.75, 3.05) is 20.1 Å². The van der Waals surface area contributed by atoms with Gasteiger partial charge in [-0.15, -0.1) is 0 Å². The van der Waals surface area contributed by atoms with Gasteiger partial charge in [0.2, 0.25) is 5.91 Å². The van der Waals surface area contributed by atoms with Crippen molar-refractivity contribution in [2.24, 2.45) is 17.8 Å². The largest absolute Gasteiger partial charge is 0.342 e. The topological polar surface area (TPSA) is 32.3 Å². The van der Waals surface area contributed by atoms with Gasteiger partial charge in [-0.2, -0.15) is 0 Å². The molecule has 1 rings (SSSR count). The quantitative estimate of drug-likeness (QED) is 0.795. The van der Waals surface area contributed by atoms with Crippen LogP contribution in [0.2, 0.25) is 0 Å². The molecule has 1 N–H and O–H groups in total. The Hall–Kier alpha value is -0.570. The molecule has 1 amide bonds. The van der Waals surface area contributed by atoms with E-state index in [0.717, 1.165) is 19.5 Å². The fourth-order valence-electron chi connectivity index (χ4n) is 2.35. The van der Waals surface area contributed by atoms with Gasteiger partial charge >= 0.3 is 0 Å². The molecule has 0 aromatic carbocycles. The first-order chi connectivity index (χ1) is 7.47. The van der Waals surface area contributed by atoms with Crippen LogP contribution in [0, 0.1) is 17.8 Å². The minimum atomic E-state index is 0.151. The monoisotopic (exact) mass is 226 g/mol. The fraction of sp³-hybridized carbons (Fsp3) is 0.923. The zero-order valence-electron chi connectivity index (χ0n) is 11.3. The van der Waals surface area contributed by atoms with Crippen LogP contribution in [-0.4, -0.2) is 37.0 Å². The highest BCUT2D eigenvalue weighted by molar-refractivity contribution is 5.78. The van der Waals surface area contributed by atoms with Gasteiger partial charge in [-0.25, -0.2) is 0 Å². The van der Waals surface area contributed by atoms with Crippen LogP contribution in [0.5, 0.6) is 0 Å². The summed E-state index contributed by atoms with van der Waals surface area (Å²) >= 11 is 0. The number of nitrogens with one attached hydrogen (secondary N) is 1. The molecular weight excluding hydrogens is 200 g/mol. The summed E-state index contributed by atoms with van der Waals surface area (Å²) in [5.41, 5.74) is 0. The highest BCUT2D eigenvalue weighted by Gasteiger charge is 2.30. The first kappa shape index (κ1) is 13.5. The lowest BCUT2D eigenvalue weighted by Gasteiger charge is -2.38. The van der Waals surface area contributed by atoms with Gasteiger partial charge in [-0.3, -0.25) is 4.79 Å². The highest BCUT2D eigenvalue weighted by atomic mass is 16.2. The molecule has 1 aliphatic heterocycles. The van der Waals surface area contributed by atoms with Crippen LogP contribution in [0.25, 0.3) is 0 Å². The standard InChI is InChI=1S/C13H26N2O/c1-9(2)11(4)13(16)15-7-6-12(14-5)10(3)8-15/h9-12,14H,6-8H2,1-5H3. The van der Waals surface area contributed by atoms with Crippen molar-refractivity contribution >= 4 is 5.91 Å². The Morgan fingerprint density at radius 1 is 1.38 bits per heavy atom. The average Bonchev–Trinajstić information content (AvgIpc) is 2.26. The molecule has 3 heteroatoms. The summed E-state index contributed by atoms with van der Waals surface area (Å²) in [5.74, 6) is 1.47. The fourth-order valence-corrected chi connectivity index (χ4v) is 2.35. The van der Waals surface area contributed by atoms with E-state index in [1.165, 1.54) is 0 Å². The number of piperidine rings is 1. The summed E-state index contributed by atoms with van der Waals surface area (Å²) in [6.07, 6.45) is 1.08. The molecular formula is C13H26N2O. The van der Waals surface area contributed by atoms with Crippen LogP contribution in [0.3, 0.4) is 0 Å². The Morgan fingerprint density at radius 3 is 2.44 bits per heavy atom. The van der Waals surface area contributed by atoms with Crippen molar-refractivity contribution in [3.8, 4) is 0 Å². The first-order valence-corrected chi connectivity index (χ1v) is 6.43. The van der Waals surface area contributed by atoms with Gasteiger partial charge in [0.05, 0.1) is 0 Å². The number of hydrogen-bond acceptors (Lipinski definition) is 2. The van der Waals surface area contributed by atoms with Gasteiger partial charge in [0, 0.05) is 25.0 Å². The van der Waals surface area contributed by atoms with Gasteiger partial charge in [0.1, 0.15) is 0 Å². The number of rotatable bonds is 3. The molecule has 1 fully saturated rings. The maximum Gasteiger partial charge on any atom is 0.225 e. The van der Waals surface area contributed by atoms with Gasteiger partial charge in [0.25, 0.3) is 0 Å². The Balaban J connectivity index is 2.54. The van der Waals surface area contributed by atoms with Crippen LogP contribution < -0.4 is 5.32 Å². The second-order valence-electron chi connectivity index (χ2n) is 5.48. The number of carbonyl (C=O) groups is 1. The third kappa shape index (κ3) is 2.97. The van der Waals surface area contributed by atoms with E-state index in [9.17, 15) is 4.79 Å². The summed E-state index contributed by atoms with van der Waals surface area (Å²) in [5, 5.41) is 3.33. The van der Waals surface area contributed by atoms with E-state index in [4.69, 9.17) is 0 Å². The second-order valence-corrected chi connectivity index (χ2v) is 5.48. The molecule has 3 unspecified atom stereocenters. The van der Waals surface area contributed by atoms with Crippen LogP contribution in [0.1, 0.15) is 34.1 Å². The van der Waals surface area contributed by atoms with Crippen LogP contribution in [0.15, 0.2) is 0 Å². The normalized spacial score (nSPS) is 28.2. The van der Waals surface area contributed by atoms with Crippen molar-refractivity contribution in [2.45, 2.75) is 40.2 Å². The molecule has 0 spiro atoms. The van der Waals surface area contributed by atoms with Crippen molar-refractivity contribution in [1.29, 1.82) is 0 Å². The molecule has 0 aliphatic carbocycles. The lowest BCUT2D eigenvalue weighted by atomic mass is 9.91. The lowest BCUT2D eigenvalue weighted by molar-refractivity contribution is -0.138. The van der Waals surface area contributed by atoms with Crippen molar-refractivity contribution in [1.82, 2.24) is 10.2 Å². The Morgan fingerprint density at radius 2 is 2.00 bits per heavy atom. The third-order valence-corrected chi connectivity index (χ3v) is 3.98. The van der Waals surface area contributed by atoms with Gasteiger partial charge in [-0.1, -0.05) is 27.7 Å². The lowest BCUT2D eigenvalue weighted by Crippen LogP contribution is -2.50. The van der Waals surface area contributed by atoms with Crippen LogP contribution >= 0.6 is 0 Å². The predicted octanol–water partition coefficient (Wildman–Crippen LogP) is 1.73. The summed E-state index contributed by atoms with van der Waals surface area (Å²) in [6.45, 7) is 10.3. The smallest absolute Gasteiger partial charge is 0.225 e. The van der Waals surface area contributed by atoms with Gasteiger partial charge in [-0.05, 0) is 25.3 Å². The number of hydrogen-bond donors (Lipinski definition) is 1. The first-order valence-electron chi connectivity index (χ1n) is 6.43. The number of carbonyl (C=O) groups excluding carboxylic acids is 1. The zero-order chi connectivity index (χ0) is 12.3. The van der Waals surface area contributed by atoms with Crippen LogP contribution in [-0.2, 0) is 4.79 Å². The zero-order valence-corrected chi connectivity index (χ0v) is 11.3. The molecule has 1 aliphatic rings. The minimum absolute atomic E-state index is 0.151. The number of nitrogens with zero attached hydrogens (tertiary/aromatic N) is 1. The maximum absolute atomic E-state index is 12.2. The van der Waals surface area contributed by atoms with E-state index in [1.807, 2.05) is 18.9 Å². The molecule has 0 saturated carbocycles. The van der Waals surface area contributed by atoms with E-state index < -0.39 is 0 Å². The molecule has 3 atom stereocenters. The van der Waals surface area contributed by atoms with Gasteiger partial charge < -0.3 is 10.2 Å². The molecule has 0 aromatic heterocycles.